The number of hydrogen-bond donors (Lipinski definition) is 2. The second-order valence-corrected chi connectivity index (χ2v) is 20.6. The molecule has 2 N–H and O–H groups in total. The summed E-state index contributed by atoms with van der Waals surface area (Å²) in [6, 6.07) is 70.2. The monoisotopic (exact) mass is 962 g/mol. The van der Waals surface area contributed by atoms with Crippen molar-refractivity contribution in [2.75, 3.05) is 0 Å². The van der Waals surface area contributed by atoms with Gasteiger partial charge in [0, 0.05) is 23.6 Å². The zero-order chi connectivity index (χ0) is 42.8. The summed E-state index contributed by atoms with van der Waals surface area (Å²) < 4.78 is 0. The molecule has 4 nitrogen and oxygen atoms in total. The normalized spacial score (nSPS) is 11.0. The predicted octanol–water partition coefficient (Wildman–Crippen LogP) is 11.8. The Balaban J connectivity index is 0.000000192. The van der Waals surface area contributed by atoms with Gasteiger partial charge in [0.1, 0.15) is 11.5 Å². The Bertz CT molecular complexity index is 2390. The zero-order valence-electron chi connectivity index (χ0n) is 33.6. The number of phenolic OH excluding ortho intramolecular Hbond substituents is 2. The molecule has 8 aromatic rings. The average molecular weight is 963 g/mol. The Hall–Kier alpha value is -5.24. The number of aromatic hydroxyl groups is 2. The van der Waals surface area contributed by atoms with Gasteiger partial charge in [-0.3, -0.25) is 9.98 Å². The molecule has 9 heteroatoms. The quantitative estimate of drug-likeness (QED) is 0.0815. The standard InChI is InChI=1S/2C26H22NOP.2ClH.Ru/c2*1-20-18-22(28)16-17-25(20)27-19-21-10-8-9-15-26(21)29(23-11-4-2-5-12-23)24-13-6-3-7-14-24;;;/h2*2-19,28H,1H3;2*1H;/q;;;;+2/p-2. The third kappa shape index (κ3) is 12.9. The van der Waals surface area contributed by atoms with E-state index in [1.807, 2.05) is 38.4 Å². The number of aliphatic imine (C=N–C) groups is 2. The van der Waals surface area contributed by atoms with Gasteiger partial charge in [-0.15, -0.1) is 0 Å². The molecule has 0 bridgehead atoms. The SMILES string of the molecule is Cc1cc(O)ccc1N=Cc1ccccc1P(c1ccccc1)c1ccccc1.Cc1cc(O)ccc1N=Cc1ccccc1P(c1ccccc1)c1ccccc1.[Cl][Ru][Cl]. The van der Waals surface area contributed by atoms with Crippen LogP contribution in [0.3, 0.4) is 0 Å². The van der Waals surface area contributed by atoms with Crippen LogP contribution in [0.15, 0.2) is 216 Å². The van der Waals surface area contributed by atoms with Crippen LogP contribution in [0.4, 0.5) is 11.4 Å². The van der Waals surface area contributed by atoms with Gasteiger partial charge < -0.3 is 10.2 Å². The van der Waals surface area contributed by atoms with E-state index in [2.05, 4.69) is 170 Å². The van der Waals surface area contributed by atoms with E-state index in [1.54, 1.807) is 24.3 Å². The van der Waals surface area contributed by atoms with Crippen LogP contribution in [0.1, 0.15) is 22.3 Å². The van der Waals surface area contributed by atoms with Crippen LogP contribution >= 0.6 is 35.2 Å². The van der Waals surface area contributed by atoms with Crippen molar-refractivity contribution in [2.45, 2.75) is 13.8 Å². The van der Waals surface area contributed by atoms with Gasteiger partial charge in [-0.05, 0) is 109 Å². The van der Waals surface area contributed by atoms with E-state index in [1.165, 1.54) is 31.8 Å². The topological polar surface area (TPSA) is 65.2 Å². The van der Waals surface area contributed by atoms with E-state index < -0.39 is 15.8 Å². The summed E-state index contributed by atoms with van der Waals surface area (Å²) in [6.07, 6.45) is 3.88. The molecule has 8 rings (SSSR count). The summed E-state index contributed by atoms with van der Waals surface area (Å²) in [6.45, 7) is 3.91. The summed E-state index contributed by atoms with van der Waals surface area (Å²) in [5.41, 5.74) is 5.85. The first-order valence-corrected chi connectivity index (χ1v) is 26.5. The van der Waals surface area contributed by atoms with E-state index in [4.69, 9.17) is 29.4 Å². The van der Waals surface area contributed by atoms with Crippen LogP contribution in [0, 0.1) is 13.8 Å². The van der Waals surface area contributed by atoms with Crippen molar-refractivity contribution in [1.82, 2.24) is 0 Å². The Morgan fingerprint density at radius 3 is 0.984 bits per heavy atom. The summed E-state index contributed by atoms with van der Waals surface area (Å²) in [5.74, 6) is 0.525. The molecule has 0 amide bonds. The van der Waals surface area contributed by atoms with Crippen LogP contribution in [0.25, 0.3) is 0 Å². The molecule has 0 fully saturated rings. The first-order chi connectivity index (χ1) is 29.9. The Kier molecular flexibility index (Phi) is 17.6. The number of hydrogen-bond acceptors (Lipinski definition) is 4. The molecule has 0 aliphatic rings. The molecule has 0 atom stereocenters. The van der Waals surface area contributed by atoms with Crippen LogP contribution in [0.2, 0.25) is 0 Å². The molecule has 0 aliphatic carbocycles. The Labute approximate surface area is 377 Å². The fourth-order valence-electron chi connectivity index (χ4n) is 6.61. The van der Waals surface area contributed by atoms with Crippen LogP contribution in [0.5, 0.6) is 11.5 Å². The summed E-state index contributed by atoms with van der Waals surface area (Å²) in [4.78, 5) is 9.44. The fourth-order valence-corrected chi connectivity index (χ4v) is 11.5. The van der Waals surface area contributed by atoms with E-state index in [0.717, 1.165) is 33.6 Å². The van der Waals surface area contributed by atoms with Crippen LogP contribution in [-0.4, -0.2) is 22.6 Å². The molecule has 0 unspecified atom stereocenters. The molecule has 0 aliphatic heterocycles. The van der Waals surface area contributed by atoms with Crippen molar-refractivity contribution >= 4 is 90.9 Å². The number of benzene rings is 8. The number of halogens is 2. The molecule has 0 heterocycles. The van der Waals surface area contributed by atoms with Crippen molar-refractivity contribution in [3.8, 4) is 11.5 Å². The summed E-state index contributed by atoms with van der Waals surface area (Å²) in [5, 5.41) is 27.1. The number of nitrogens with zero attached hydrogens (tertiary/aromatic N) is 2. The van der Waals surface area contributed by atoms with Gasteiger partial charge in [0.05, 0.1) is 11.4 Å². The van der Waals surface area contributed by atoms with Gasteiger partial charge in [0.25, 0.3) is 0 Å². The van der Waals surface area contributed by atoms with Gasteiger partial charge in [-0.1, -0.05) is 170 Å². The summed E-state index contributed by atoms with van der Waals surface area (Å²) in [7, 11) is 8.33. The maximum atomic E-state index is 9.64. The molecule has 0 radical (unpaired) electrons. The van der Waals surface area contributed by atoms with Crippen LogP contribution in [-0.2, 0) is 15.1 Å². The second-order valence-electron chi connectivity index (χ2n) is 13.6. The minimum absolute atomic E-state index is 0.263. The second kappa shape index (κ2) is 23.7. The van der Waals surface area contributed by atoms with E-state index in [0.29, 0.717) is 0 Å². The molecule has 0 spiro atoms. The average Bonchev–Trinajstić information content (AvgIpc) is 3.29. The number of rotatable bonds is 10. The predicted molar refractivity (Wildman–Crippen MR) is 262 cm³/mol. The molecule has 0 aromatic heterocycles. The fraction of sp³-hybridized carbons (Fsp3) is 0.0385. The Morgan fingerprint density at radius 2 is 0.689 bits per heavy atom. The van der Waals surface area contributed by atoms with Gasteiger partial charge >= 0.3 is 34.5 Å². The zero-order valence-corrected chi connectivity index (χ0v) is 38.6. The van der Waals surface area contributed by atoms with Crippen molar-refractivity contribution in [2.24, 2.45) is 9.98 Å². The van der Waals surface area contributed by atoms with Crippen molar-refractivity contribution in [3.05, 3.63) is 229 Å². The third-order valence-electron chi connectivity index (χ3n) is 9.46. The van der Waals surface area contributed by atoms with Gasteiger partial charge in [-0.25, -0.2) is 0 Å². The van der Waals surface area contributed by atoms with Crippen LogP contribution < -0.4 is 31.8 Å². The first-order valence-electron chi connectivity index (χ1n) is 19.4. The molecule has 306 valence electrons. The molecular formula is C52H44Cl2N2O2P2Ru. The minimum atomic E-state index is -0.691. The van der Waals surface area contributed by atoms with E-state index in [9.17, 15) is 10.2 Å². The molecule has 0 saturated carbocycles. The van der Waals surface area contributed by atoms with Crippen molar-refractivity contribution in [1.29, 1.82) is 0 Å². The molecule has 0 saturated heterocycles. The van der Waals surface area contributed by atoms with Crippen molar-refractivity contribution < 1.29 is 25.4 Å². The number of aryl methyl sites for hydroxylation is 2. The third-order valence-corrected chi connectivity index (χ3v) is 14.5. The van der Waals surface area contributed by atoms with Crippen molar-refractivity contribution in [3.63, 3.8) is 0 Å². The summed E-state index contributed by atoms with van der Waals surface area (Å²) >= 11 is -0.346. The maximum absolute atomic E-state index is 9.64. The van der Waals surface area contributed by atoms with Gasteiger partial charge in [-0.2, -0.15) is 0 Å². The number of phenols is 2. The van der Waals surface area contributed by atoms with E-state index >= 15 is 0 Å². The Morgan fingerprint density at radius 1 is 0.410 bits per heavy atom. The first kappa shape index (κ1) is 45.3. The van der Waals surface area contributed by atoms with E-state index in [-0.39, 0.29) is 26.6 Å². The molecular weight excluding hydrogens is 919 g/mol. The van der Waals surface area contributed by atoms with Gasteiger partial charge in [0.2, 0.25) is 0 Å². The van der Waals surface area contributed by atoms with Gasteiger partial charge in [0.15, 0.2) is 0 Å². The molecule has 61 heavy (non-hydrogen) atoms. The molecule has 8 aromatic carbocycles.